The minimum absolute atomic E-state index is 0.0411. The van der Waals surface area contributed by atoms with E-state index in [4.69, 9.17) is 16.0 Å². The van der Waals surface area contributed by atoms with Gasteiger partial charge >= 0.3 is 5.76 Å². The molecule has 1 amide bonds. The van der Waals surface area contributed by atoms with Crippen LogP contribution in [0.3, 0.4) is 0 Å². The molecule has 1 aromatic heterocycles. The first-order valence-corrected chi connectivity index (χ1v) is 9.96. The molecule has 0 radical (unpaired) electrons. The molecule has 0 saturated carbocycles. The Hall–Kier alpha value is -2.93. The van der Waals surface area contributed by atoms with Gasteiger partial charge in [0.25, 0.3) is 0 Å². The Balaban J connectivity index is 1.36. The molecule has 0 aliphatic carbocycles. The number of aryl methyl sites for hydroxylation is 1. The lowest BCUT2D eigenvalue weighted by Crippen LogP contribution is -2.54. The lowest BCUT2D eigenvalue weighted by atomic mass is 10.1. The summed E-state index contributed by atoms with van der Waals surface area (Å²) in [5.74, 6) is -0.449. The summed E-state index contributed by atoms with van der Waals surface area (Å²) in [6.07, 6.45) is 0. The Morgan fingerprint density at radius 2 is 2.10 bits per heavy atom. The normalized spacial score (nSPS) is 17.0. The first kappa shape index (κ1) is 19.4. The maximum atomic E-state index is 12.7. The monoisotopic (exact) mass is 414 g/mol. The van der Waals surface area contributed by atoms with E-state index in [1.165, 1.54) is 0 Å². The maximum absolute atomic E-state index is 12.7. The lowest BCUT2D eigenvalue weighted by molar-refractivity contribution is -0.130. The van der Waals surface area contributed by atoms with Crippen molar-refractivity contribution in [1.82, 2.24) is 9.88 Å². The van der Waals surface area contributed by atoms with Crippen molar-refractivity contribution in [2.24, 2.45) is 0 Å². The minimum Gasteiger partial charge on any atom is -0.408 e. The highest BCUT2D eigenvalue weighted by atomic mass is 35.5. The number of amides is 1. The maximum Gasteiger partial charge on any atom is 0.417 e. The predicted molar refractivity (Wildman–Crippen MR) is 115 cm³/mol. The van der Waals surface area contributed by atoms with Gasteiger partial charge in [-0.15, -0.1) is 0 Å². The Bertz CT molecular complexity index is 1110. The van der Waals surface area contributed by atoms with Gasteiger partial charge in [-0.1, -0.05) is 11.6 Å². The van der Waals surface area contributed by atoms with E-state index in [1.807, 2.05) is 30.0 Å². The number of carbonyl (C=O) groups is 1. The number of hydrogen-bond acceptors (Lipinski definition) is 5. The zero-order chi connectivity index (χ0) is 20.5. The largest absolute Gasteiger partial charge is 0.417 e. The van der Waals surface area contributed by atoms with Crippen LogP contribution >= 0.6 is 11.6 Å². The number of aromatic amines is 1. The number of hydrogen-bond donors (Lipinski definition) is 2. The molecule has 2 aromatic carbocycles. The highest BCUT2D eigenvalue weighted by Crippen LogP contribution is 2.26. The highest BCUT2D eigenvalue weighted by molar-refractivity contribution is 6.31. The van der Waals surface area contributed by atoms with Crippen molar-refractivity contribution in [3.05, 3.63) is 57.5 Å². The third-order valence-electron chi connectivity index (χ3n) is 5.32. The fourth-order valence-corrected chi connectivity index (χ4v) is 3.84. The van der Waals surface area contributed by atoms with E-state index < -0.39 is 5.76 Å². The molecule has 0 bridgehead atoms. The van der Waals surface area contributed by atoms with E-state index in [-0.39, 0.29) is 18.5 Å². The van der Waals surface area contributed by atoms with Crippen LogP contribution < -0.4 is 16.0 Å². The Morgan fingerprint density at radius 1 is 1.28 bits per heavy atom. The Morgan fingerprint density at radius 3 is 2.86 bits per heavy atom. The number of aromatic nitrogens is 1. The van der Waals surface area contributed by atoms with Crippen LogP contribution in [0.15, 0.2) is 45.6 Å². The fourth-order valence-electron chi connectivity index (χ4n) is 3.72. The van der Waals surface area contributed by atoms with Crippen LogP contribution in [0.2, 0.25) is 5.02 Å². The van der Waals surface area contributed by atoms with E-state index in [0.717, 1.165) is 28.5 Å². The van der Waals surface area contributed by atoms with Gasteiger partial charge in [0.15, 0.2) is 5.58 Å². The van der Waals surface area contributed by atoms with Gasteiger partial charge in [0.05, 0.1) is 12.1 Å². The first-order chi connectivity index (χ1) is 13.9. The number of nitrogens with zero attached hydrogens (tertiary/aromatic N) is 2. The summed E-state index contributed by atoms with van der Waals surface area (Å²) in [6.45, 7) is 6.41. The van der Waals surface area contributed by atoms with E-state index in [1.54, 1.807) is 12.1 Å². The molecule has 4 rings (SSSR count). The number of anilines is 2. The fraction of sp³-hybridized carbons (Fsp3) is 0.333. The molecule has 1 aliphatic heterocycles. The van der Waals surface area contributed by atoms with E-state index >= 15 is 0 Å². The van der Waals surface area contributed by atoms with Gasteiger partial charge in [-0.05, 0) is 49.7 Å². The van der Waals surface area contributed by atoms with Crippen LogP contribution in [0, 0.1) is 6.92 Å². The van der Waals surface area contributed by atoms with Gasteiger partial charge in [-0.3, -0.25) is 9.78 Å². The average Bonchev–Trinajstić information content (AvgIpc) is 3.07. The molecule has 0 spiro atoms. The molecule has 1 fully saturated rings. The molecule has 1 saturated heterocycles. The second-order valence-corrected chi connectivity index (χ2v) is 7.80. The first-order valence-electron chi connectivity index (χ1n) is 9.58. The molecule has 1 atom stereocenters. The van der Waals surface area contributed by atoms with Crippen molar-refractivity contribution in [2.75, 3.05) is 36.4 Å². The van der Waals surface area contributed by atoms with Crippen LogP contribution in [0.5, 0.6) is 0 Å². The van der Waals surface area contributed by atoms with Gasteiger partial charge in [0, 0.05) is 48.1 Å². The Kier molecular flexibility index (Phi) is 5.24. The van der Waals surface area contributed by atoms with Gasteiger partial charge in [0.2, 0.25) is 5.91 Å². The molecule has 1 aliphatic rings. The van der Waals surface area contributed by atoms with Crippen LogP contribution in [-0.4, -0.2) is 48.0 Å². The molecule has 3 aromatic rings. The molecule has 0 unspecified atom stereocenters. The average molecular weight is 415 g/mol. The summed E-state index contributed by atoms with van der Waals surface area (Å²) in [5.41, 5.74) is 4.01. The quantitative estimate of drug-likeness (QED) is 0.685. The number of halogens is 1. The van der Waals surface area contributed by atoms with E-state index in [9.17, 15) is 9.59 Å². The molecule has 8 heteroatoms. The highest BCUT2D eigenvalue weighted by Gasteiger charge is 2.26. The zero-order valence-corrected chi connectivity index (χ0v) is 17.1. The molecule has 7 nitrogen and oxygen atoms in total. The molecular formula is C21H23ClN4O3. The summed E-state index contributed by atoms with van der Waals surface area (Å²) in [6, 6.07) is 11.5. The van der Waals surface area contributed by atoms with E-state index in [0.29, 0.717) is 24.2 Å². The van der Waals surface area contributed by atoms with Crippen LogP contribution in [0.4, 0.5) is 11.4 Å². The van der Waals surface area contributed by atoms with Crippen molar-refractivity contribution in [2.45, 2.75) is 19.9 Å². The van der Waals surface area contributed by atoms with Crippen molar-refractivity contribution < 1.29 is 9.21 Å². The third kappa shape index (κ3) is 4.10. The molecule has 29 heavy (non-hydrogen) atoms. The second-order valence-electron chi connectivity index (χ2n) is 7.39. The molecule has 2 N–H and O–H groups in total. The van der Waals surface area contributed by atoms with Crippen molar-refractivity contribution >= 4 is 40.0 Å². The number of carbonyl (C=O) groups excluding carboxylic acids is 1. The summed E-state index contributed by atoms with van der Waals surface area (Å²) < 4.78 is 5.06. The second kappa shape index (κ2) is 7.83. The summed E-state index contributed by atoms with van der Waals surface area (Å²) >= 11 is 6.14. The lowest BCUT2D eigenvalue weighted by Gasteiger charge is -2.41. The van der Waals surface area contributed by atoms with Gasteiger partial charge in [-0.2, -0.15) is 0 Å². The van der Waals surface area contributed by atoms with Gasteiger partial charge in [-0.25, -0.2) is 4.79 Å². The summed E-state index contributed by atoms with van der Waals surface area (Å²) in [4.78, 5) is 30.7. The van der Waals surface area contributed by atoms with Crippen molar-refractivity contribution in [3.63, 3.8) is 0 Å². The summed E-state index contributed by atoms with van der Waals surface area (Å²) in [7, 11) is 0. The number of benzene rings is 2. The summed E-state index contributed by atoms with van der Waals surface area (Å²) in [5, 5.41) is 3.88. The number of nitrogens with one attached hydrogen (secondary N) is 2. The standard InChI is InChI=1S/C21H23ClN4O3/c1-13-9-16(4-5-17(13)22)26-8-7-25(12-14(26)2)20(27)11-23-15-3-6-18-19(10-15)29-21(28)24-18/h3-6,9-10,14,23H,7-8,11-12H2,1-2H3,(H,24,28)/t14-/m1/s1. The number of rotatable bonds is 4. The Labute approximate surface area is 173 Å². The van der Waals surface area contributed by atoms with Gasteiger partial charge in [0.1, 0.15) is 0 Å². The van der Waals surface area contributed by atoms with E-state index in [2.05, 4.69) is 28.2 Å². The topological polar surface area (TPSA) is 81.6 Å². The smallest absolute Gasteiger partial charge is 0.408 e. The SMILES string of the molecule is Cc1cc(N2CCN(C(=O)CNc3ccc4[nH]c(=O)oc4c3)C[C@H]2C)ccc1Cl. The van der Waals surface area contributed by atoms with Crippen molar-refractivity contribution in [1.29, 1.82) is 0 Å². The minimum atomic E-state index is -0.490. The van der Waals surface area contributed by atoms with Crippen molar-refractivity contribution in [3.8, 4) is 0 Å². The molecular weight excluding hydrogens is 392 g/mol. The van der Waals surface area contributed by atoms with Crippen LogP contribution in [0.25, 0.3) is 11.1 Å². The van der Waals surface area contributed by atoms with Gasteiger partial charge < -0.3 is 19.5 Å². The molecule has 152 valence electrons. The predicted octanol–water partition coefficient (Wildman–Crippen LogP) is 3.23. The third-order valence-corrected chi connectivity index (χ3v) is 5.74. The number of H-pyrrole nitrogens is 1. The number of oxazole rings is 1. The number of fused-ring (bicyclic) bond motifs is 1. The van der Waals surface area contributed by atoms with Crippen LogP contribution in [0.1, 0.15) is 12.5 Å². The molecule has 2 heterocycles. The number of piperazine rings is 1. The zero-order valence-electron chi connectivity index (χ0n) is 16.4. The van der Waals surface area contributed by atoms with Crippen LogP contribution in [-0.2, 0) is 4.79 Å².